The third kappa shape index (κ3) is 3.62. The number of hydrogen-bond donors (Lipinski definition) is 3. The summed E-state index contributed by atoms with van der Waals surface area (Å²) in [5.74, 6) is -0.724. The van der Waals surface area contributed by atoms with Crippen molar-refractivity contribution in [2.45, 2.75) is 45.6 Å². The molecule has 0 saturated heterocycles. The molecule has 8 heteroatoms. The van der Waals surface area contributed by atoms with Crippen molar-refractivity contribution >= 4 is 16.0 Å². The molecule has 118 valence electrons. The Labute approximate surface area is 124 Å². The lowest BCUT2D eigenvalue weighted by atomic mass is 9.77. The molecule has 1 heterocycles. The summed E-state index contributed by atoms with van der Waals surface area (Å²) in [4.78, 5) is 17.7. The first-order valence-electron chi connectivity index (χ1n) is 6.84. The summed E-state index contributed by atoms with van der Waals surface area (Å²) in [6.07, 6.45) is 3.32. The summed E-state index contributed by atoms with van der Waals surface area (Å²) in [6.45, 7) is 5.57. The molecular weight excluding hydrogens is 294 g/mol. The van der Waals surface area contributed by atoms with E-state index < -0.39 is 21.5 Å². The fourth-order valence-corrected chi connectivity index (χ4v) is 4.60. The summed E-state index contributed by atoms with van der Waals surface area (Å²) in [5, 5.41) is 8.93. The number of aromatic nitrogens is 2. The van der Waals surface area contributed by atoms with Crippen LogP contribution in [-0.4, -0.2) is 35.2 Å². The van der Waals surface area contributed by atoms with Gasteiger partial charge in [-0.2, -0.15) is 0 Å². The first kappa shape index (κ1) is 16.0. The van der Waals surface area contributed by atoms with Gasteiger partial charge in [0.2, 0.25) is 10.0 Å². The Morgan fingerprint density at radius 1 is 1.48 bits per heavy atom. The molecular formula is C13H21N3O4S. The molecule has 1 aliphatic carbocycles. The lowest BCUT2D eigenvalue weighted by molar-refractivity contribution is 0.0690. The Morgan fingerprint density at radius 3 is 2.48 bits per heavy atom. The minimum atomic E-state index is -3.47. The number of nitrogens with zero attached hydrogens (tertiary/aromatic N) is 1. The fourth-order valence-electron chi connectivity index (χ4n) is 2.49. The third-order valence-electron chi connectivity index (χ3n) is 3.44. The number of H-pyrrole nitrogens is 1. The minimum Gasteiger partial charge on any atom is -0.477 e. The van der Waals surface area contributed by atoms with Crippen LogP contribution >= 0.6 is 0 Å². The largest absolute Gasteiger partial charge is 0.477 e. The zero-order chi connectivity index (χ0) is 15.9. The number of carboxylic acid groups (broad SMARTS) is 1. The van der Waals surface area contributed by atoms with E-state index in [1.54, 1.807) is 0 Å². The van der Waals surface area contributed by atoms with Crippen LogP contribution in [0.5, 0.6) is 0 Å². The molecule has 21 heavy (non-hydrogen) atoms. The zero-order valence-corrected chi connectivity index (χ0v) is 13.2. The summed E-state index contributed by atoms with van der Waals surface area (Å²) < 4.78 is 27.3. The van der Waals surface area contributed by atoms with Crippen LogP contribution in [0.25, 0.3) is 0 Å². The molecule has 1 aromatic rings. The van der Waals surface area contributed by atoms with E-state index in [1.165, 1.54) is 6.20 Å². The molecule has 0 bridgehead atoms. The first-order chi connectivity index (χ1) is 9.53. The normalized spacial score (nSPS) is 18.2. The lowest BCUT2D eigenvalue weighted by Crippen LogP contribution is -2.53. The number of nitrogens with one attached hydrogen (secondary N) is 2. The molecule has 3 N–H and O–H groups in total. The summed E-state index contributed by atoms with van der Waals surface area (Å²) >= 11 is 0. The third-order valence-corrected chi connectivity index (χ3v) is 5.39. The number of aromatic amines is 1. The first-order valence-corrected chi connectivity index (χ1v) is 8.49. The fraction of sp³-hybridized carbons (Fsp3) is 0.692. The van der Waals surface area contributed by atoms with Crippen molar-refractivity contribution in [1.82, 2.24) is 14.7 Å². The van der Waals surface area contributed by atoms with Gasteiger partial charge >= 0.3 is 5.97 Å². The van der Waals surface area contributed by atoms with Crippen molar-refractivity contribution < 1.29 is 18.3 Å². The Balaban J connectivity index is 2.24. The van der Waals surface area contributed by atoms with Gasteiger partial charge in [-0.15, -0.1) is 0 Å². The van der Waals surface area contributed by atoms with Crippen molar-refractivity contribution in [3.05, 3.63) is 17.7 Å². The zero-order valence-electron chi connectivity index (χ0n) is 12.4. The van der Waals surface area contributed by atoms with E-state index in [1.807, 2.05) is 20.8 Å². The van der Waals surface area contributed by atoms with Gasteiger partial charge in [-0.05, 0) is 24.7 Å². The van der Waals surface area contributed by atoms with Gasteiger partial charge in [0.25, 0.3) is 0 Å². The standard InChI is InChI=1S/C13H21N3O4S/c1-12(2,3)8-21(19,20)16-13(5-4-6-13)11-14-7-9(15-11)10(17)18/h7,16H,4-6,8H2,1-3H3,(H,14,15)(H,17,18). The van der Waals surface area contributed by atoms with Gasteiger partial charge in [0, 0.05) is 0 Å². The highest BCUT2D eigenvalue weighted by Crippen LogP contribution is 2.40. The molecule has 0 atom stereocenters. The van der Waals surface area contributed by atoms with Gasteiger partial charge in [-0.25, -0.2) is 22.9 Å². The van der Waals surface area contributed by atoms with Gasteiger partial charge in [-0.1, -0.05) is 20.8 Å². The average molecular weight is 315 g/mol. The van der Waals surface area contributed by atoms with Gasteiger partial charge < -0.3 is 10.1 Å². The highest BCUT2D eigenvalue weighted by atomic mass is 32.2. The second-order valence-corrected chi connectivity index (χ2v) is 8.53. The van der Waals surface area contributed by atoms with Gasteiger partial charge in [0.1, 0.15) is 11.5 Å². The highest BCUT2D eigenvalue weighted by Gasteiger charge is 2.45. The Bertz CT molecular complexity index is 639. The molecule has 0 unspecified atom stereocenters. The van der Waals surface area contributed by atoms with E-state index >= 15 is 0 Å². The van der Waals surface area contributed by atoms with Crippen LogP contribution < -0.4 is 4.72 Å². The Hall–Kier alpha value is -1.41. The van der Waals surface area contributed by atoms with Crippen LogP contribution in [0.3, 0.4) is 0 Å². The predicted molar refractivity (Wildman–Crippen MR) is 77.5 cm³/mol. The monoisotopic (exact) mass is 315 g/mol. The molecule has 7 nitrogen and oxygen atoms in total. The molecule has 0 aromatic carbocycles. The summed E-state index contributed by atoms with van der Waals surface area (Å²) in [6, 6.07) is 0. The molecule has 1 saturated carbocycles. The number of aromatic carboxylic acids is 1. The van der Waals surface area contributed by atoms with Gasteiger partial charge in [0.15, 0.2) is 0 Å². The van der Waals surface area contributed by atoms with E-state index in [9.17, 15) is 13.2 Å². The second kappa shape index (κ2) is 5.10. The van der Waals surface area contributed by atoms with Crippen molar-refractivity contribution in [2.75, 3.05) is 5.75 Å². The molecule has 0 amide bonds. The number of sulfonamides is 1. The van der Waals surface area contributed by atoms with Crippen molar-refractivity contribution in [1.29, 1.82) is 0 Å². The second-order valence-electron chi connectivity index (χ2n) is 6.81. The number of rotatable bonds is 5. The Kier molecular flexibility index (Phi) is 3.88. The average Bonchev–Trinajstić information content (AvgIpc) is 2.69. The maximum absolute atomic E-state index is 12.3. The maximum atomic E-state index is 12.3. The molecule has 0 radical (unpaired) electrons. The van der Waals surface area contributed by atoms with E-state index in [2.05, 4.69) is 14.7 Å². The molecule has 1 aliphatic rings. The van der Waals surface area contributed by atoms with Crippen molar-refractivity contribution in [3.8, 4) is 0 Å². The van der Waals surface area contributed by atoms with E-state index in [-0.39, 0.29) is 16.9 Å². The number of carbonyl (C=O) groups is 1. The molecule has 0 spiro atoms. The number of carboxylic acids is 1. The molecule has 2 rings (SSSR count). The van der Waals surface area contributed by atoms with E-state index in [0.717, 1.165) is 6.42 Å². The number of imidazole rings is 1. The summed E-state index contributed by atoms with van der Waals surface area (Å²) in [7, 11) is -3.47. The van der Waals surface area contributed by atoms with Gasteiger partial charge in [0.05, 0.1) is 17.5 Å². The van der Waals surface area contributed by atoms with Crippen LogP contribution in [-0.2, 0) is 15.6 Å². The van der Waals surface area contributed by atoms with Crippen molar-refractivity contribution in [2.24, 2.45) is 5.41 Å². The van der Waals surface area contributed by atoms with Gasteiger partial charge in [-0.3, -0.25) is 0 Å². The lowest BCUT2D eigenvalue weighted by Gasteiger charge is -2.40. The van der Waals surface area contributed by atoms with E-state index in [0.29, 0.717) is 18.7 Å². The van der Waals surface area contributed by atoms with Crippen LogP contribution in [0.1, 0.15) is 56.3 Å². The SMILES string of the molecule is CC(C)(C)CS(=O)(=O)NC1(c2ncc(C(=O)O)[nH]2)CCC1. The number of hydrogen-bond acceptors (Lipinski definition) is 4. The van der Waals surface area contributed by atoms with Crippen molar-refractivity contribution in [3.63, 3.8) is 0 Å². The quantitative estimate of drug-likeness (QED) is 0.761. The topological polar surface area (TPSA) is 112 Å². The van der Waals surface area contributed by atoms with Crippen LogP contribution in [0, 0.1) is 5.41 Å². The predicted octanol–water partition coefficient (Wildman–Crippen LogP) is 1.45. The Morgan fingerprint density at radius 2 is 2.10 bits per heavy atom. The smallest absolute Gasteiger partial charge is 0.353 e. The maximum Gasteiger partial charge on any atom is 0.353 e. The van der Waals surface area contributed by atoms with Crippen LogP contribution in [0.2, 0.25) is 0 Å². The van der Waals surface area contributed by atoms with Crippen LogP contribution in [0.15, 0.2) is 6.20 Å². The molecule has 1 fully saturated rings. The van der Waals surface area contributed by atoms with Crippen LogP contribution in [0.4, 0.5) is 0 Å². The summed E-state index contributed by atoms with van der Waals surface area (Å²) in [5.41, 5.74) is -1.18. The highest BCUT2D eigenvalue weighted by molar-refractivity contribution is 7.89. The van der Waals surface area contributed by atoms with E-state index in [4.69, 9.17) is 5.11 Å². The molecule has 0 aliphatic heterocycles. The molecule has 1 aromatic heterocycles. The minimum absolute atomic E-state index is 0.00818.